The first-order valence-electron chi connectivity index (χ1n) is 3.70. The van der Waals surface area contributed by atoms with Gasteiger partial charge in [0.2, 0.25) is 0 Å². The van der Waals surface area contributed by atoms with Gasteiger partial charge in [-0.2, -0.15) is 0 Å². The smallest absolute Gasteiger partial charge is 0.253 e. The van der Waals surface area contributed by atoms with Crippen LogP contribution in [0.15, 0.2) is 24.3 Å². The molecule has 64 valence electrons. The van der Waals surface area contributed by atoms with Crippen LogP contribution in [0, 0.1) is 6.92 Å². The molecule has 1 aromatic carbocycles. The molecule has 1 amide bonds. The summed E-state index contributed by atoms with van der Waals surface area (Å²) in [6, 6.07) is 7.19. The maximum Gasteiger partial charge on any atom is 0.253 e. The minimum Gasteiger partial charge on any atom is -0.376 e. The molecular weight excluding hydrogens is 154 g/mol. The first-order chi connectivity index (χ1) is 5.74. The number of carbonyl (C=O) groups excluding carboxylic acids is 1. The number of hydrogen-bond donors (Lipinski definition) is 2. The Morgan fingerprint density at radius 2 is 2.33 bits per heavy atom. The summed E-state index contributed by atoms with van der Waals surface area (Å²) in [6.45, 7) is 1.59. The maximum atomic E-state index is 11.1. The second-order valence-electron chi connectivity index (χ2n) is 2.53. The van der Waals surface area contributed by atoms with Crippen LogP contribution in [0.5, 0.6) is 0 Å². The highest BCUT2D eigenvalue weighted by atomic mass is 16.3. The molecule has 1 rings (SSSR count). The van der Waals surface area contributed by atoms with Crippen LogP contribution >= 0.6 is 0 Å². The van der Waals surface area contributed by atoms with Crippen molar-refractivity contribution >= 4 is 5.91 Å². The van der Waals surface area contributed by atoms with Crippen molar-refractivity contribution in [3.63, 3.8) is 0 Å². The third-order valence-electron chi connectivity index (χ3n) is 1.52. The quantitative estimate of drug-likeness (QED) is 0.633. The first-order valence-corrected chi connectivity index (χ1v) is 3.70. The van der Waals surface area contributed by atoms with Crippen molar-refractivity contribution in [3.05, 3.63) is 35.4 Å². The Kier molecular flexibility index (Phi) is 2.82. The fourth-order valence-electron chi connectivity index (χ4n) is 0.960. The third-order valence-corrected chi connectivity index (χ3v) is 1.52. The summed E-state index contributed by atoms with van der Waals surface area (Å²) in [4.78, 5) is 11.1. The van der Waals surface area contributed by atoms with Crippen molar-refractivity contribution in [1.82, 2.24) is 5.32 Å². The number of amides is 1. The first kappa shape index (κ1) is 8.74. The zero-order chi connectivity index (χ0) is 8.97. The molecule has 1 aromatic rings. The van der Waals surface area contributed by atoms with E-state index in [1.54, 1.807) is 12.1 Å². The van der Waals surface area contributed by atoms with Gasteiger partial charge in [0, 0.05) is 5.56 Å². The zero-order valence-corrected chi connectivity index (χ0v) is 6.87. The van der Waals surface area contributed by atoms with Gasteiger partial charge in [0.1, 0.15) is 6.73 Å². The summed E-state index contributed by atoms with van der Waals surface area (Å²) in [7, 11) is 0. The average Bonchev–Trinajstić information content (AvgIpc) is 2.05. The summed E-state index contributed by atoms with van der Waals surface area (Å²) < 4.78 is 0. The topological polar surface area (TPSA) is 49.3 Å². The minimum absolute atomic E-state index is 0.249. The van der Waals surface area contributed by atoms with Gasteiger partial charge in [0.15, 0.2) is 0 Å². The summed E-state index contributed by atoms with van der Waals surface area (Å²) in [5, 5.41) is 10.7. The van der Waals surface area contributed by atoms with E-state index in [4.69, 9.17) is 5.11 Å². The summed E-state index contributed by atoms with van der Waals surface area (Å²) in [6.07, 6.45) is 0. The zero-order valence-electron chi connectivity index (χ0n) is 6.87. The SMILES string of the molecule is Cc1cccc(C(=O)NCO)c1. The molecule has 0 aliphatic rings. The van der Waals surface area contributed by atoms with Gasteiger partial charge in [-0.1, -0.05) is 17.7 Å². The molecule has 0 atom stereocenters. The Balaban J connectivity index is 2.81. The van der Waals surface area contributed by atoms with Crippen LogP contribution in [0.2, 0.25) is 0 Å². The fraction of sp³-hybridized carbons (Fsp3) is 0.222. The Bertz CT molecular complexity index is 284. The fourth-order valence-corrected chi connectivity index (χ4v) is 0.960. The molecular formula is C9H11NO2. The second-order valence-corrected chi connectivity index (χ2v) is 2.53. The molecule has 0 saturated heterocycles. The lowest BCUT2D eigenvalue weighted by atomic mass is 10.1. The molecule has 0 aliphatic heterocycles. The van der Waals surface area contributed by atoms with Crippen LogP contribution < -0.4 is 5.32 Å². The number of aryl methyl sites for hydroxylation is 1. The van der Waals surface area contributed by atoms with Gasteiger partial charge in [-0.15, -0.1) is 0 Å². The van der Waals surface area contributed by atoms with Crippen molar-refractivity contribution < 1.29 is 9.90 Å². The summed E-state index contributed by atoms with van der Waals surface area (Å²) >= 11 is 0. The van der Waals surface area contributed by atoms with Gasteiger partial charge in [-0.05, 0) is 19.1 Å². The molecule has 0 bridgehead atoms. The highest BCUT2D eigenvalue weighted by molar-refractivity contribution is 5.94. The van der Waals surface area contributed by atoms with Crippen LogP contribution in [-0.4, -0.2) is 17.7 Å². The molecule has 3 heteroatoms. The van der Waals surface area contributed by atoms with E-state index in [2.05, 4.69) is 5.32 Å². The molecule has 2 N–H and O–H groups in total. The van der Waals surface area contributed by atoms with E-state index < -0.39 is 0 Å². The second kappa shape index (κ2) is 3.88. The van der Waals surface area contributed by atoms with Gasteiger partial charge in [-0.3, -0.25) is 4.79 Å². The van der Waals surface area contributed by atoms with Crippen molar-refractivity contribution in [2.24, 2.45) is 0 Å². The van der Waals surface area contributed by atoms with Crippen molar-refractivity contribution in [1.29, 1.82) is 0 Å². The molecule has 0 aromatic heterocycles. The average molecular weight is 165 g/mol. The molecule has 0 radical (unpaired) electrons. The monoisotopic (exact) mass is 165 g/mol. The summed E-state index contributed by atoms with van der Waals surface area (Å²) in [5.41, 5.74) is 1.60. The Morgan fingerprint density at radius 3 is 2.92 bits per heavy atom. The lowest BCUT2D eigenvalue weighted by molar-refractivity contribution is 0.0910. The Labute approximate surface area is 71.0 Å². The molecule has 0 aliphatic carbocycles. The third kappa shape index (κ3) is 2.07. The van der Waals surface area contributed by atoms with Crippen LogP contribution in [0.4, 0.5) is 0 Å². The number of benzene rings is 1. The van der Waals surface area contributed by atoms with Crippen molar-refractivity contribution in [2.75, 3.05) is 6.73 Å². The molecule has 0 unspecified atom stereocenters. The Hall–Kier alpha value is -1.35. The van der Waals surface area contributed by atoms with E-state index in [0.29, 0.717) is 5.56 Å². The number of rotatable bonds is 2. The molecule has 12 heavy (non-hydrogen) atoms. The number of hydrogen-bond acceptors (Lipinski definition) is 2. The van der Waals surface area contributed by atoms with Crippen LogP contribution in [0.1, 0.15) is 15.9 Å². The van der Waals surface area contributed by atoms with E-state index in [0.717, 1.165) is 5.56 Å². The van der Waals surface area contributed by atoms with Gasteiger partial charge in [0.05, 0.1) is 0 Å². The van der Waals surface area contributed by atoms with Crippen molar-refractivity contribution in [2.45, 2.75) is 6.92 Å². The highest BCUT2D eigenvalue weighted by Crippen LogP contribution is 2.02. The van der Waals surface area contributed by atoms with E-state index in [-0.39, 0.29) is 12.6 Å². The standard InChI is InChI=1S/C9H11NO2/c1-7-3-2-4-8(5-7)9(12)10-6-11/h2-5,11H,6H2,1H3,(H,10,12). The van der Waals surface area contributed by atoms with E-state index in [1.807, 2.05) is 19.1 Å². The summed E-state index contributed by atoms with van der Waals surface area (Å²) in [5.74, 6) is -0.249. The Morgan fingerprint density at radius 1 is 1.58 bits per heavy atom. The molecule has 3 nitrogen and oxygen atoms in total. The molecule has 0 saturated carbocycles. The number of aliphatic hydroxyl groups excluding tert-OH is 1. The van der Waals surface area contributed by atoms with E-state index in [1.165, 1.54) is 0 Å². The van der Waals surface area contributed by atoms with Gasteiger partial charge in [0.25, 0.3) is 5.91 Å². The van der Waals surface area contributed by atoms with E-state index in [9.17, 15) is 4.79 Å². The van der Waals surface area contributed by atoms with Gasteiger partial charge in [-0.25, -0.2) is 0 Å². The number of aliphatic hydroxyl groups is 1. The van der Waals surface area contributed by atoms with Crippen LogP contribution in [-0.2, 0) is 0 Å². The normalized spacial score (nSPS) is 9.50. The van der Waals surface area contributed by atoms with Gasteiger partial charge < -0.3 is 10.4 Å². The number of carbonyl (C=O) groups is 1. The predicted molar refractivity (Wildman–Crippen MR) is 45.7 cm³/mol. The van der Waals surface area contributed by atoms with Gasteiger partial charge >= 0.3 is 0 Å². The molecule has 0 heterocycles. The lowest BCUT2D eigenvalue weighted by Crippen LogP contribution is -2.23. The molecule has 0 spiro atoms. The number of nitrogens with one attached hydrogen (secondary N) is 1. The van der Waals surface area contributed by atoms with Crippen LogP contribution in [0.3, 0.4) is 0 Å². The highest BCUT2D eigenvalue weighted by Gasteiger charge is 2.02. The lowest BCUT2D eigenvalue weighted by Gasteiger charge is -2.01. The van der Waals surface area contributed by atoms with Crippen molar-refractivity contribution in [3.8, 4) is 0 Å². The molecule has 0 fully saturated rings. The largest absolute Gasteiger partial charge is 0.376 e. The van der Waals surface area contributed by atoms with E-state index >= 15 is 0 Å². The minimum atomic E-state index is -0.327. The maximum absolute atomic E-state index is 11.1. The van der Waals surface area contributed by atoms with Crippen LogP contribution in [0.25, 0.3) is 0 Å². The predicted octanol–water partition coefficient (Wildman–Crippen LogP) is 0.675.